The summed E-state index contributed by atoms with van der Waals surface area (Å²) < 4.78 is 10.8. The Balaban J connectivity index is 0.000000202. The third-order valence-electron chi connectivity index (χ3n) is 3.22. The Labute approximate surface area is 130 Å². The largest absolute Gasteiger partial charge is 0.476 e. The van der Waals surface area contributed by atoms with Gasteiger partial charge in [0, 0.05) is 11.1 Å². The van der Waals surface area contributed by atoms with E-state index in [1.807, 2.05) is 60.7 Å². The third kappa shape index (κ3) is 3.73. The first-order chi connectivity index (χ1) is 10.9. The van der Waals surface area contributed by atoms with Gasteiger partial charge in [0.2, 0.25) is 11.8 Å². The number of nitrogens with zero attached hydrogens (tertiary/aromatic N) is 2. The molecule has 0 amide bonds. The normalized spacial score (nSPS) is 15.8. The van der Waals surface area contributed by atoms with Crippen molar-refractivity contribution in [2.75, 3.05) is 26.3 Å². The second-order valence-electron chi connectivity index (χ2n) is 4.80. The van der Waals surface area contributed by atoms with E-state index in [2.05, 4.69) is 9.98 Å². The molecule has 0 saturated carbocycles. The third-order valence-corrected chi connectivity index (χ3v) is 3.22. The van der Waals surface area contributed by atoms with E-state index in [1.165, 1.54) is 0 Å². The number of hydrogen-bond donors (Lipinski definition) is 0. The SMILES string of the molecule is c1cc(C2=NCCO2)ccc1C1=NCCO1.c1ccccc1. The number of benzene rings is 2. The molecule has 0 aromatic heterocycles. The lowest BCUT2D eigenvalue weighted by Crippen LogP contribution is -2.04. The van der Waals surface area contributed by atoms with E-state index in [0.29, 0.717) is 13.2 Å². The molecule has 4 heteroatoms. The summed E-state index contributed by atoms with van der Waals surface area (Å²) in [6, 6.07) is 20.0. The predicted octanol–water partition coefficient (Wildman–Crippen LogP) is 2.93. The Kier molecular flexibility index (Phi) is 4.82. The van der Waals surface area contributed by atoms with Gasteiger partial charge in [-0.25, -0.2) is 9.98 Å². The van der Waals surface area contributed by atoms with Crippen molar-refractivity contribution < 1.29 is 9.47 Å². The number of hydrogen-bond acceptors (Lipinski definition) is 4. The first kappa shape index (κ1) is 14.3. The highest BCUT2D eigenvalue weighted by Gasteiger charge is 2.13. The minimum atomic E-state index is 0.687. The first-order valence-electron chi connectivity index (χ1n) is 7.39. The monoisotopic (exact) mass is 294 g/mol. The molecule has 0 atom stereocenters. The van der Waals surface area contributed by atoms with Crippen molar-refractivity contribution in [1.29, 1.82) is 0 Å². The van der Waals surface area contributed by atoms with Gasteiger partial charge in [0.05, 0.1) is 13.1 Å². The highest BCUT2D eigenvalue weighted by Crippen LogP contribution is 2.12. The van der Waals surface area contributed by atoms with E-state index in [0.717, 1.165) is 36.0 Å². The molecular weight excluding hydrogens is 276 g/mol. The van der Waals surface area contributed by atoms with E-state index >= 15 is 0 Å². The summed E-state index contributed by atoms with van der Waals surface area (Å²) >= 11 is 0. The molecule has 0 fully saturated rings. The minimum Gasteiger partial charge on any atom is -0.476 e. The number of aliphatic imine (C=N–C) groups is 2. The maximum absolute atomic E-state index is 5.39. The van der Waals surface area contributed by atoms with Crippen molar-refractivity contribution in [2.45, 2.75) is 0 Å². The Morgan fingerprint density at radius 3 is 1.23 bits per heavy atom. The van der Waals surface area contributed by atoms with Crippen LogP contribution in [0, 0.1) is 0 Å². The van der Waals surface area contributed by atoms with Gasteiger partial charge < -0.3 is 9.47 Å². The number of rotatable bonds is 2. The second-order valence-corrected chi connectivity index (χ2v) is 4.80. The Morgan fingerprint density at radius 1 is 0.591 bits per heavy atom. The van der Waals surface area contributed by atoms with Gasteiger partial charge in [-0.3, -0.25) is 0 Å². The van der Waals surface area contributed by atoms with E-state index in [-0.39, 0.29) is 0 Å². The van der Waals surface area contributed by atoms with Gasteiger partial charge in [0.1, 0.15) is 13.2 Å². The molecule has 0 spiro atoms. The molecule has 4 nitrogen and oxygen atoms in total. The quantitative estimate of drug-likeness (QED) is 0.854. The average molecular weight is 294 g/mol. The summed E-state index contributed by atoms with van der Waals surface area (Å²) in [6.07, 6.45) is 0. The van der Waals surface area contributed by atoms with Crippen LogP contribution in [0.2, 0.25) is 0 Å². The fraction of sp³-hybridized carbons (Fsp3) is 0.222. The van der Waals surface area contributed by atoms with Gasteiger partial charge in [-0.2, -0.15) is 0 Å². The number of ether oxygens (including phenoxy) is 2. The highest BCUT2D eigenvalue weighted by molar-refractivity contribution is 5.98. The fourth-order valence-electron chi connectivity index (χ4n) is 2.16. The van der Waals surface area contributed by atoms with Gasteiger partial charge in [0.15, 0.2) is 0 Å². The summed E-state index contributed by atoms with van der Waals surface area (Å²) in [7, 11) is 0. The molecule has 2 aliphatic heterocycles. The topological polar surface area (TPSA) is 43.2 Å². The summed E-state index contributed by atoms with van der Waals surface area (Å²) in [5.41, 5.74) is 2.03. The van der Waals surface area contributed by atoms with Crippen molar-refractivity contribution >= 4 is 11.8 Å². The van der Waals surface area contributed by atoms with Crippen LogP contribution in [-0.2, 0) is 9.47 Å². The van der Waals surface area contributed by atoms with Crippen LogP contribution in [0.25, 0.3) is 0 Å². The zero-order valence-electron chi connectivity index (χ0n) is 12.3. The van der Waals surface area contributed by atoms with Crippen molar-refractivity contribution in [3.05, 3.63) is 71.8 Å². The Morgan fingerprint density at radius 2 is 0.955 bits per heavy atom. The van der Waals surface area contributed by atoms with Crippen LogP contribution in [0.15, 0.2) is 70.6 Å². The van der Waals surface area contributed by atoms with E-state index in [1.54, 1.807) is 0 Å². The molecule has 2 heterocycles. The smallest absolute Gasteiger partial charge is 0.216 e. The molecule has 0 aliphatic carbocycles. The molecule has 22 heavy (non-hydrogen) atoms. The summed E-state index contributed by atoms with van der Waals surface area (Å²) in [4.78, 5) is 8.53. The van der Waals surface area contributed by atoms with Gasteiger partial charge in [-0.1, -0.05) is 36.4 Å². The molecule has 0 radical (unpaired) electrons. The van der Waals surface area contributed by atoms with Crippen LogP contribution in [0.5, 0.6) is 0 Å². The standard InChI is InChI=1S/C12H12N2O2.C6H6/c1-2-10(12-14-6-8-16-12)4-3-9(1)11-13-5-7-15-11;1-2-4-6-5-3-1/h1-4H,5-8H2;1-6H. The fourth-order valence-corrected chi connectivity index (χ4v) is 2.16. The molecule has 0 saturated heterocycles. The van der Waals surface area contributed by atoms with Crippen LogP contribution in [0.3, 0.4) is 0 Å². The first-order valence-corrected chi connectivity index (χ1v) is 7.39. The Bertz CT molecular complexity index is 579. The predicted molar refractivity (Wildman–Crippen MR) is 87.6 cm³/mol. The van der Waals surface area contributed by atoms with E-state index in [4.69, 9.17) is 9.47 Å². The van der Waals surface area contributed by atoms with Crippen LogP contribution < -0.4 is 0 Å². The lowest BCUT2D eigenvalue weighted by Gasteiger charge is -2.04. The summed E-state index contributed by atoms with van der Waals surface area (Å²) in [5.74, 6) is 1.47. The van der Waals surface area contributed by atoms with Crippen molar-refractivity contribution in [3.8, 4) is 0 Å². The molecule has 2 aliphatic rings. The van der Waals surface area contributed by atoms with Gasteiger partial charge in [-0.05, 0) is 24.3 Å². The molecule has 112 valence electrons. The van der Waals surface area contributed by atoms with Crippen molar-refractivity contribution in [2.24, 2.45) is 9.98 Å². The van der Waals surface area contributed by atoms with E-state index < -0.39 is 0 Å². The van der Waals surface area contributed by atoms with Crippen LogP contribution in [-0.4, -0.2) is 38.1 Å². The zero-order valence-corrected chi connectivity index (χ0v) is 12.3. The van der Waals surface area contributed by atoms with Crippen molar-refractivity contribution in [3.63, 3.8) is 0 Å². The summed E-state index contributed by atoms with van der Waals surface area (Å²) in [6.45, 7) is 2.89. The van der Waals surface area contributed by atoms with Gasteiger partial charge in [-0.15, -0.1) is 0 Å². The average Bonchev–Trinajstić information content (AvgIpc) is 3.31. The lowest BCUT2D eigenvalue weighted by molar-refractivity contribution is 0.347. The highest BCUT2D eigenvalue weighted by atomic mass is 16.5. The van der Waals surface area contributed by atoms with E-state index in [9.17, 15) is 0 Å². The Hall–Kier alpha value is -2.62. The maximum atomic E-state index is 5.39. The van der Waals surface area contributed by atoms with Crippen LogP contribution in [0.4, 0.5) is 0 Å². The molecule has 2 aromatic rings. The maximum Gasteiger partial charge on any atom is 0.216 e. The van der Waals surface area contributed by atoms with Gasteiger partial charge in [0.25, 0.3) is 0 Å². The minimum absolute atomic E-state index is 0.687. The van der Waals surface area contributed by atoms with Gasteiger partial charge >= 0.3 is 0 Å². The lowest BCUT2D eigenvalue weighted by atomic mass is 10.1. The second kappa shape index (κ2) is 7.41. The molecule has 2 aromatic carbocycles. The molecule has 0 unspecified atom stereocenters. The molecule has 4 rings (SSSR count). The van der Waals surface area contributed by atoms with Crippen LogP contribution >= 0.6 is 0 Å². The molecule has 0 bridgehead atoms. The van der Waals surface area contributed by atoms with Crippen molar-refractivity contribution in [1.82, 2.24) is 0 Å². The summed E-state index contributed by atoms with van der Waals surface area (Å²) in [5, 5.41) is 0. The zero-order chi connectivity index (χ0) is 15.0. The molecule has 0 N–H and O–H groups in total. The van der Waals surface area contributed by atoms with Crippen LogP contribution in [0.1, 0.15) is 11.1 Å². The molecular formula is C18H18N2O2.